The lowest BCUT2D eigenvalue weighted by molar-refractivity contribution is 0.328. The molecule has 5 nitrogen and oxygen atoms in total. The van der Waals surface area contributed by atoms with E-state index in [2.05, 4.69) is 21.5 Å². The first kappa shape index (κ1) is 14.2. The second-order valence-electron chi connectivity index (χ2n) is 4.82. The van der Waals surface area contributed by atoms with Gasteiger partial charge in [-0.25, -0.2) is 4.98 Å². The Bertz CT molecular complexity index is 421. The van der Waals surface area contributed by atoms with Crippen molar-refractivity contribution in [3.05, 3.63) is 6.33 Å². The van der Waals surface area contributed by atoms with Gasteiger partial charge in [0.1, 0.15) is 12.0 Å². The second-order valence-corrected chi connectivity index (χ2v) is 6.10. The Hall–Kier alpha value is -1.17. The van der Waals surface area contributed by atoms with Crippen molar-refractivity contribution in [2.75, 3.05) is 30.5 Å². The fourth-order valence-electron chi connectivity index (χ4n) is 2.49. The molecule has 1 heterocycles. The Balaban J connectivity index is 2.04. The topological polar surface area (TPSA) is 73.1 Å². The van der Waals surface area contributed by atoms with E-state index in [1.807, 2.05) is 18.7 Å². The third kappa shape index (κ3) is 3.23. The summed E-state index contributed by atoms with van der Waals surface area (Å²) >= 11 is 1.94. The number of nitrogens with zero attached hydrogens (tertiary/aromatic N) is 2. The molecule has 0 aliphatic heterocycles. The summed E-state index contributed by atoms with van der Waals surface area (Å²) in [5.41, 5.74) is 6.52. The van der Waals surface area contributed by atoms with Gasteiger partial charge in [0, 0.05) is 11.3 Å². The molecule has 0 atom stereocenters. The van der Waals surface area contributed by atoms with Crippen LogP contribution in [0.15, 0.2) is 6.33 Å². The van der Waals surface area contributed by atoms with E-state index in [0.29, 0.717) is 28.7 Å². The molecule has 1 saturated carbocycles. The number of nitrogen functional groups attached to an aromatic ring is 1. The number of nitrogens with one attached hydrogen (secondary N) is 1. The number of aromatic nitrogens is 2. The van der Waals surface area contributed by atoms with E-state index in [4.69, 9.17) is 10.5 Å². The smallest absolute Gasteiger partial charge is 0.242 e. The van der Waals surface area contributed by atoms with Gasteiger partial charge in [0.2, 0.25) is 5.88 Å². The first-order valence-corrected chi connectivity index (χ1v) is 7.95. The van der Waals surface area contributed by atoms with Gasteiger partial charge in [-0.05, 0) is 26.0 Å². The normalized spacial score (nSPS) is 17.4. The van der Waals surface area contributed by atoms with E-state index >= 15 is 0 Å². The van der Waals surface area contributed by atoms with E-state index in [1.54, 1.807) is 0 Å². The average Bonchev–Trinajstić information content (AvgIpc) is 2.89. The number of hydrogen-bond donors (Lipinski definition) is 2. The molecule has 1 aliphatic rings. The summed E-state index contributed by atoms with van der Waals surface area (Å²) in [6.07, 6.45) is 8.80. The molecule has 3 N–H and O–H groups in total. The zero-order valence-corrected chi connectivity index (χ0v) is 12.4. The summed E-state index contributed by atoms with van der Waals surface area (Å²) < 4.78 is 5.70. The van der Waals surface area contributed by atoms with Crippen LogP contribution in [0.1, 0.15) is 32.6 Å². The van der Waals surface area contributed by atoms with Crippen LogP contribution in [0.2, 0.25) is 0 Å². The zero-order valence-electron chi connectivity index (χ0n) is 11.6. The molecule has 106 valence electrons. The minimum absolute atomic E-state index is 0.323. The van der Waals surface area contributed by atoms with Gasteiger partial charge in [0.25, 0.3) is 0 Å². The molecule has 0 bridgehead atoms. The minimum Gasteiger partial charge on any atom is -0.476 e. The van der Waals surface area contributed by atoms with Gasteiger partial charge in [0.05, 0.1) is 6.61 Å². The Morgan fingerprint density at radius 2 is 2.16 bits per heavy atom. The van der Waals surface area contributed by atoms with Crippen molar-refractivity contribution < 1.29 is 4.74 Å². The predicted octanol–water partition coefficient (Wildman–Crippen LogP) is 2.55. The molecule has 0 aromatic carbocycles. The molecular formula is C13H22N4OS. The third-order valence-electron chi connectivity index (χ3n) is 3.65. The summed E-state index contributed by atoms with van der Waals surface area (Å²) in [7, 11) is 0. The van der Waals surface area contributed by atoms with Crippen LogP contribution in [-0.2, 0) is 0 Å². The summed E-state index contributed by atoms with van der Waals surface area (Å²) in [6, 6.07) is 0. The average molecular weight is 282 g/mol. The Morgan fingerprint density at radius 3 is 2.79 bits per heavy atom. The van der Waals surface area contributed by atoms with Crippen molar-refractivity contribution in [1.29, 1.82) is 0 Å². The monoisotopic (exact) mass is 282 g/mol. The van der Waals surface area contributed by atoms with Crippen molar-refractivity contribution in [1.82, 2.24) is 9.97 Å². The van der Waals surface area contributed by atoms with E-state index in [0.717, 1.165) is 6.54 Å². The van der Waals surface area contributed by atoms with Crippen molar-refractivity contribution >= 4 is 23.3 Å². The molecule has 2 rings (SSSR count). The van der Waals surface area contributed by atoms with E-state index in [-0.39, 0.29) is 0 Å². The maximum absolute atomic E-state index is 6.02. The Morgan fingerprint density at radius 1 is 1.42 bits per heavy atom. The number of thioether (sulfide) groups is 1. The van der Waals surface area contributed by atoms with Crippen LogP contribution in [0, 0.1) is 0 Å². The zero-order chi connectivity index (χ0) is 13.7. The van der Waals surface area contributed by atoms with E-state index < -0.39 is 0 Å². The quantitative estimate of drug-likeness (QED) is 0.835. The predicted molar refractivity (Wildman–Crippen MR) is 80.8 cm³/mol. The fraction of sp³-hybridized carbons (Fsp3) is 0.692. The van der Waals surface area contributed by atoms with Crippen molar-refractivity contribution in [2.45, 2.75) is 37.4 Å². The van der Waals surface area contributed by atoms with Gasteiger partial charge in [-0.1, -0.05) is 12.8 Å². The largest absolute Gasteiger partial charge is 0.476 e. The fourth-order valence-corrected chi connectivity index (χ4v) is 3.40. The van der Waals surface area contributed by atoms with Gasteiger partial charge in [-0.15, -0.1) is 0 Å². The number of nitrogens with two attached hydrogens (primary N) is 1. The van der Waals surface area contributed by atoms with Crippen LogP contribution < -0.4 is 15.8 Å². The van der Waals surface area contributed by atoms with E-state index in [1.165, 1.54) is 32.0 Å². The molecule has 6 heteroatoms. The van der Waals surface area contributed by atoms with Gasteiger partial charge >= 0.3 is 0 Å². The lowest BCUT2D eigenvalue weighted by Crippen LogP contribution is -2.30. The summed E-state index contributed by atoms with van der Waals surface area (Å²) in [5.74, 6) is 1.14. The number of hydrogen-bond acceptors (Lipinski definition) is 6. The van der Waals surface area contributed by atoms with Crippen LogP contribution in [0.25, 0.3) is 0 Å². The first-order valence-electron chi connectivity index (χ1n) is 6.73. The van der Waals surface area contributed by atoms with E-state index in [9.17, 15) is 0 Å². The molecule has 0 unspecified atom stereocenters. The Kier molecular flexibility index (Phi) is 4.74. The van der Waals surface area contributed by atoms with Crippen LogP contribution in [0.4, 0.5) is 11.5 Å². The van der Waals surface area contributed by atoms with Crippen LogP contribution >= 0.6 is 11.8 Å². The van der Waals surface area contributed by atoms with Gasteiger partial charge < -0.3 is 15.8 Å². The highest BCUT2D eigenvalue weighted by Crippen LogP contribution is 2.40. The highest BCUT2D eigenvalue weighted by Gasteiger charge is 2.33. The molecule has 1 aromatic heterocycles. The SMILES string of the molecule is CCOc1ncnc(NCC2(SC)CCCC2)c1N. The van der Waals surface area contributed by atoms with Crippen molar-refractivity contribution in [3.63, 3.8) is 0 Å². The first-order chi connectivity index (χ1) is 9.21. The highest BCUT2D eigenvalue weighted by atomic mass is 32.2. The van der Waals surface area contributed by atoms with Crippen molar-refractivity contribution in [2.24, 2.45) is 0 Å². The molecule has 1 fully saturated rings. The number of ether oxygens (including phenoxy) is 1. The molecule has 19 heavy (non-hydrogen) atoms. The number of rotatable bonds is 6. The molecule has 0 radical (unpaired) electrons. The maximum atomic E-state index is 6.02. The molecule has 0 saturated heterocycles. The summed E-state index contributed by atoms with van der Waals surface area (Å²) in [4.78, 5) is 8.25. The lowest BCUT2D eigenvalue weighted by atomic mass is 10.1. The van der Waals surface area contributed by atoms with Gasteiger partial charge in [-0.3, -0.25) is 0 Å². The highest BCUT2D eigenvalue weighted by molar-refractivity contribution is 8.00. The maximum Gasteiger partial charge on any atom is 0.242 e. The lowest BCUT2D eigenvalue weighted by Gasteiger charge is -2.27. The van der Waals surface area contributed by atoms with Crippen LogP contribution in [0.3, 0.4) is 0 Å². The summed E-state index contributed by atoms with van der Waals surface area (Å²) in [5, 5.41) is 3.37. The van der Waals surface area contributed by atoms with Gasteiger partial charge in [0.15, 0.2) is 5.82 Å². The number of anilines is 2. The van der Waals surface area contributed by atoms with Crippen LogP contribution in [-0.4, -0.2) is 34.1 Å². The van der Waals surface area contributed by atoms with Crippen LogP contribution in [0.5, 0.6) is 5.88 Å². The summed E-state index contributed by atoms with van der Waals surface area (Å²) in [6.45, 7) is 3.35. The molecule has 0 amide bonds. The Labute approximate surface area is 118 Å². The van der Waals surface area contributed by atoms with Gasteiger partial charge in [-0.2, -0.15) is 16.7 Å². The van der Waals surface area contributed by atoms with Crippen molar-refractivity contribution in [3.8, 4) is 5.88 Å². The molecule has 1 aliphatic carbocycles. The third-order valence-corrected chi connectivity index (χ3v) is 5.07. The molecular weight excluding hydrogens is 260 g/mol. The molecule has 1 aromatic rings. The standard InChI is InChI=1S/C13H22N4OS/c1-3-18-12-10(14)11(16-9-17-12)15-8-13(19-2)6-4-5-7-13/h9H,3-8,14H2,1-2H3,(H,15,16,17). The minimum atomic E-state index is 0.323. The molecule has 0 spiro atoms. The second kappa shape index (κ2) is 6.32.